The van der Waals surface area contributed by atoms with E-state index in [-0.39, 0.29) is 5.75 Å². The summed E-state index contributed by atoms with van der Waals surface area (Å²) < 4.78 is 0. The van der Waals surface area contributed by atoms with Gasteiger partial charge in [0.1, 0.15) is 5.75 Å². The maximum atomic E-state index is 9.06. The van der Waals surface area contributed by atoms with Gasteiger partial charge in [-0.05, 0) is 17.7 Å². The zero-order chi connectivity index (χ0) is 9.80. The lowest BCUT2D eigenvalue weighted by Gasteiger charge is -2.00. The molecule has 0 spiro atoms. The molecule has 14 heavy (non-hydrogen) atoms. The molecular formula is C12H11NO. The Bertz CT molecular complexity index is 394. The fourth-order valence-corrected chi connectivity index (χ4v) is 1.33. The summed E-state index contributed by atoms with van der Waals surface area (Å²) in [4.78, 5) is 4.12. The van der Waals surface area contributed by atoms with E-state index in [9.17, 15) is 0 Å². The van der Waals surface area contributed by atoms with Crippen LogP contribution in [0.2, 0.25) is 0 Å². The van der Waals surface area contributed by atoms with Crippen LogP contribution < -0.4 is 0 Å². The third-order valence-electron chi connectivity index (χ3n) is 2.04. The highest BCUT2D eigenvalue weighted by Crippen LogP contribution is 2.10. The van der Waals surface area contributed by atoms with Crippen LogP contribution in [0.25, 0.3) is 0 Å². The van der Waals surface area contributed by atoms with Crippen LogP contribution in [0.15, 0.2) is 48.7 Å². The molecule has 2 heteroatoms. The predicted molar refractivity (Wildman–Crippen MR) is 55.1 cm³/mol. The maximum absolute atomic E-state index is 9.06. The second kappa shape index (κ2) is 3.92. The van der Waals surface area contributed by atoms with Crippen molar-refractivity contribution in [3.63, 3.8) is 0 Å². The summed E-state index contributed by atoms with van der Waals surface area (Å²) >= 11 is 0. The van der Waals surface area contributed by atoms with Crippen molar-refractivity contribution >= 4 is 0 Å². The van der Waals surface area contributed by atoms with Crippen molar-refractivity contribution in [2.75, 3.05) is 0 Å². The number of aromatic nitrogens is 1. The number of rotatable bonds is 2. The topological polar surface area (TPSA) is 33.1 Å². The van der Waals surface area contributed by atoms with Gasteiger partial charge in [0, 0.05) is 12.1 Å². The van der Waals surface area contributed by atoms with Crippen LogP contribution in [0.4, 0.5) is 0 Å². The van der Waals surface area contributed by atoms with Crippen LogP contribution >= 0.6 is 0 Å². The first-order valence-corrected chi connectivity index (χ1v) is 4.52. The summed E-state index contributed by atoms with van der Waals surface area (Å²) in [5.41, 5.74) is 2.19. The van der Waals surface area contributed by atoms with Crippen molar-refractivity contribution < 1.29 is 5.11 Å². The van der Waals surface area contributed by atoms with Gasteiger partial charge in [-0.1, -0.05) is 30.3 Å². The molecule has 1 N–H and O–H groups in total. The molecule has 0 aliphatic rings. The van der Waals surface area contributed by atoms with E-state index in [0.29, 0.717) is 0 Å². The third kappa shape index (κ3) is 2.10. The molecule has 2 rings (SSSR count). The van der Waals surface area contributed by atoms with Crippen LogP contribution in [-0.2, 0) is 6.42 Å². The van der Waals surface area contributed by atoms with Gasteiger partial charge in [0.15, 0.2) is 0 Å². The summed E-state index contributed by atoms with van der Waals surface area (Å²) in [6.45, 7) is 0. The number of hydrogen-bond donors (Lipinski definition) is 1. The van der Waals surface area contributed by atoms with Gasteiger partial charge in [-0.3, -0.25) is 4.98 Å². The molecule has 0 unspecified atom stereocenters. The molecule has 1 heterocycles. The maximum Gasteiger partial charge on any atom is 0.133 e. The molecule has 1 aromatic heterocycles. The Morgan fingerprint density at radius 1 is 1.00 bits per heavy atom. The predicted octanol–water partition coefficient (Wildman–Crippen LogP) is 2.38. The van der Waals surface area contributed by atoms with Crippen molar-refractivity contribution in [2.45, 2.75) is 6.42 Å². The van der Waals surface area contributed by atoms with Crippen LogP contribution in [0.5, 0.6) is 5.75 Å². The average Bonchev–Trinajstić information content (AvgIpc) is 2.23. The second-order valence-corrected chi connectivity index (χ2v) is 3.17. The number of aromatic hydroxyl groups is 1. The first kappa shape index (κ1) is 8.75. The minimum atomic E-state index is 0.210. The fraction of sp³-hybridized carbons (Fsp3) is 0.0833. The summed E-state index contributed by atoms with van der Waals surface area (Å²) in [5.74, 6) is 0.210. The monoisotopic (exact) mass is 185 g/mol. The second-order valence-electron chi connectivity index (χ2n) is 3.17. The average molecular weight is 185 g/mol. The van der Waals surface area contributed by atoms with Crippen molar-refractivity contribution in [3.05, 3.63) is 59.9 Å². The molecule has 0 aliphatic heterocycles. The van der Waals surface area contributed by atoms with E-state index in [1.165, 1.54) is 11.8 Å². The molecule has 0 amide bonds. The van der Waals surface area contributed by atoms with E-state index in [2.05, 4.69) is 17.1 Å². The van der Waals surface area contributed by atoms with Crippen LogP contribution in [-0.4, -0.2) is 10.1 Å². The van der Waals surface area contributed by atoms with Gasteiger partial charge in [0.05, 0.1) is 6.20 Å². The van der Waals surface area contributed by atoms with Crippen molar-refractivity contribution in [1.29, 1.82) is 0 Å². The molecular weight excluding hydrogens is 174 g/mol. The first-order valence-electron chi connectivity index (χ1n) is 4.52. The van der Waals surface area contributed by atoms with Crippen LogP contribution in [0.3, 0.4) is 0 Å². The summed E-state index contributed by atoms with van der Waals surface area (Å²) in [6.07, 6.45) is 2.28. The fourth-order valence-electron chi connectivity index (χ4n) is 1.33. The highest BCUT2D eigenvalue weighted by atomic mass is 16.3. The Balaban J connectivity index is 2.16. The number of hydrogen-bond acceptors (Lipinski definition) is 2. The number of nitrogens with zero attached hydrogens (tertiary/aromatic N) is 1. The molecule has 1 aromatic carbocycles. The van der Waals surface area contributed by atoms with E-state index in [4.69, 9.17) is 5.11 Å². The van der Waals surface area contributed by atoms with Gasteiger partial charge in [0.2, 0.25) is 0 Å². The Kier molecular flexibility index (Phi) is 2.45. The van der Waals surface area contributed by atoms with Gasteiger partial charge in [-0.25, -0.2) is 0 Å². The molecule has 0 radical (unpaired) electrons. The molecule has 0 saturated carbocycles. The third-order valence-corrected chi connectivity index (χ3v) is 2.04. The molecule has 0 aliphatic carbocycles. The first-order chi connectivity index (χ1) is 6.84. The van der Waals surface area contributed by atoms with E-state index in [1.807, 2.05) is 24.3 Å². The zero-order valence-electron chi connectivity index (χ0n) is 7.72. The Hall–Kier alpha value is -1.83. The van der Waals surface area contributed by atoms with Crippen LogP contribution in [0.1, 0.15) is 11.3 Å². The highest BCUT2D eigenvalue weighted by Gasteiger charge is 1.96. The minimum absolute atomic E-state index is 0.210. The SMILES string of the molecule is Oc1ccc(Cc2ccccc2)nc1. The molecule has 2 nitrogen and oxygen atoms in total. The molecule has 70 valence electrons. The summed E-state index contributed by atoms with van der Waals surface area (Å²) in [5, 5.41) is 9.06. The zero-order valence-corrected chi connectivity index (χ0v) is 7.72. The van der Waals surface area contributed by atoms with Crippen molar-refractivity contribution in [1.82, 2.24) is 4.98 Å². The standard InChI is InChI=1S/C12H11NO/c14-12-7-6-11(13-9-12)8-10-4-2-1-3-5-10/h1-7,9,14H,8H2. The van der Waals surface area contributed by atoms with Gasteiger partial charge in [0.25, 0.3) is 0 Å². The normalized spacial score (nSPS) is 10.0. The van der Waals surface area contributed by atoms with E-state index in [1.54, 1.807) is 6.07 Å². The Morgan fingerprint density at radius 3 is 2.43 bits per heavy atom. The number of pyridine rings is 1. The number of benzene rings is 1. The smallest absolute Gasteiger partial charge is 0.133 e. The van der Waals surface area contributed by atoms with Gasteiger partial charge >= 0.3 is 0 Å². The Labute approximate surface area is 82.9 Å². The van der Waals surface area contributed by atoms with Crippen LogP contribution in [0, 0.1) is 0 Å². The minimum Gasteiger partial charge on any atom is -0.506 e. The van der Waals surface area contributed by atoms with Gasteiger partial charge in [-0.15, -0.1) is 0 Å². The molecule has 2 aromatic rings. The lowest BCUT2D eigenvalue weighted by molar-refractivity contribution is 0.472. The summed E-state index contributed by atoms with van der Waals surface area (Å²) in [6, 6.07) is 13.6. The van der Waals surface area contributed by atoms with E-state index in [0.717, 1.165) is 12.1 Å². The van der Waals surface area contributed by atoms with Gasteiger partial charge < -0.3 is 5.11 Å². The molecule has 0 atom stereocenters. The van der Waals surface area contributed by atoms with E-state index >= 15 is 0 Å². The van der Waals surface area contributed by atoms with E-state index < -0.39 is 0 Å². The van der Waals surface area contributed by atoms with Crippen molar-refractivity contribution in [3.8, 4) is 5.75 Å². The lowest BCUT2D eigenvalue weighted by Crippen LogP contribution is -1.90. The van der Waals surface area contributed by atoms with Crippen molar-refractivity contribution in [2.24, 2.45) is 0 Å². The molecule has 0 saturated heterocycles. The quantitative estimate of drug-likeness (QED) is 0.779. The highest BCUT2D eigenvalue weighted by molar-refractivity contribution is 5.24. The Morgan fingerprint density at radius 2 is 1.79 bits per heavy atom. The van der Waals surface area contributed by atoms with Gasteiger partial charge in [-0.2, -0.15) is 0 Å². The molecule has 0 fully saturated rings. The molecule has 0 bridgehead atoms. The summed E-state index contributed by atoms with van der Waals surface area (Å²) in [7, 11) is 0. The largest absolute Gasteiger partial charge is 0.506 e. The lowest BCUT2D eigenvalue weighted by atomic mass is 10.1.